The van der Waals surface area contributed by atoms with Crippen molar-refractivity contribution in [3.8, 4) is 16.9 Å². The molecule has 1 heterocycles. The first-order valence-corrected chi connectivity index (χ1v) is 10.0. The lowest BCUT2D eigenvalue weighted by Crippen LogP contribution is -2.17. The maximum absolute atomic E-state index is 12.8. The van der Waals surface area contributed by atoms with Crippen molar-refractivity contribution in [1.29, 1.82) is 0 Å². The van der Waals surface area contributed by atoms with Crippen LogP contribution in [0.15, 0.2) is 24.3 Å². The molecule has 0 saturated carbocycles. The van der Waals surface area contributed by atoms with Crippen molar-refractivity contribution < 1.29 is 23.8 Å². The largest absolute Gasteiger partial charge is 0.494 e. The highest BCUT2D eigenvalue weighted by Crippen LogP contribution is 2.34. The smallest absolute Gasteiger partial charge is 0.340 e. The first-order valence-electron chi connectivity index (χ1n) is 10.0. The van der Waals surface area contributed by atoms with E-state index in [1.54, 1.807) is 27.7 Å². The van der Waals surface area contributed by atoms with Crippen LogP contribution < -0.4 is 4.74 Å². The van der Waals surface area contributed by atoms with E-state index < -0.39 is 11.9 Å². The third-order valence-electron chi connectivity index (χ3n) is 4.41. The molecule has 0 aliphatic rings. The molecule has 0 unspecified atom stereocenters. The van der Waals surface area contributed by atoms with Crippen LogP contribution in [0.2, 0.25) is 0 Å². The van der Waals surface area contributed by atoms with Gasteiger partial charge in [-0.2, -0.15) is 0 Å². The number of rotatable bonds is 9. The first kappa shape index (κ1) is 22.4. The maximum atomic E-state index is 12.8. The van der Waals surface area contributed by atoms with Crippen LogP contribution in [-0.4, -0.2) is 36.7 Å². The summed E-state index contributed by atoms with van der Waals surface area (Å²) in [7, 11) is 0. The van der Waals surface area contributed by atoms with E-state index in [2.05, 4.69) is 11.9 Å². The third kappa shape index (κ3) is 5.34. The van der Waals surface area contributed by atoms with E-state index in [4.69, 9.17) is 14.2 Å². The Balaban J connectivity index is 2.70. The van der Waals surface area contributed by atoms with Gasteiger partial charge in [-0.15, -0.1) is 0 Å². The number of ether oxygens (including phenoxy) is 3. The van der Waals surface area contributed by atoms with Crippen LogP contribution in [-0.2, 0) is 9.47 Å². The number of hydrogen-bond donors (Lipinski definition) is 0. The number of carbonyl (C=O) groups excluding carboxylic acids is 2. The monoisotopic (exact) mass is 399 g/mol. The highest BCUT2D eigenvalue weighted by Gasteiger charge is 2.27. The second-order valence-corrected chi connectivity index (χ2v) is 6.58. The summed E-state index contributed by atoms with van der Waals surface area (Å²) < 4.78 is 16.3. The molecule has 0 aliphatic heterocycles. The minimum atomic E-state index is -0.518. The van der Waals surface area contributed by atoms with E-state index in [0.717, 1.165) is 12.8 Å². The Morgan fingerprint density at radius 1 is 0.931 bits per heavy atom. The first-order chi connectivity index (χ1) is 13.9. The number of aromatic nitrogens is 1. The van der Waals surface area contributed by atoms with Crippen molar-refractivity contribution in [3.63, 3.8) is 0 Å². The molecule has 6 nitrogen and oxygen atoms in total. The van der Waals surface area contributed by atoms with Crippen LogP contribution in [0.5, 0.6) is 5.75 Å². The summed E-state index contributed by atoms with van der Waals surface area (Å²) in [5.41, 5.74) is 2.69. The molecule has 6 heteroatoms. The van der Waals surface area contributed by atoms with Crippen molar-refractivity contribution in [2.24, 2.45) is 0 Å². The predicted molar refractivity (Wildman–Crippen MR) is 111 cm³/mol. The van der Waals surface area contributed by atoms with Crippen molar-refractivity contribution in [2.45, 2.75) is 47.5 Å². The molecular weight excluding hydrogens is 370 g/mol. The normalized spacial score (nSPS) is 10.5. The molecule has 29 heavy (non-hydrogen) atoms. The van der Waals surface area contributed by atoms with Crippen LogP contribution in [0.4, 0.5) is 0 Å². The summed E-state index contributed by atoms with van der Waals surface area (Å²) in [6.45, 7) is 10.1. The minimum Gasteiger partial charge on any atom is -0.494 e. The van der Waals surface area contributed by atoms with Gasteiger partial charge in [0.25, 0.3) is 0 Å². The molecule has 2 aromatic rings. The lowest BCUT2D eigenvalue weighted by Gasteiger charge is -2.18. The van der Waals surface area contributed by atoms with Crippen molar-refractivity contribution >= 4 is 11.9 Å². The van der Waals surface area contributed by atoms with Gasteiger partial charge in [0, 0.05) is 5.56 Å². The van der Waals surface area contributed by atoms with E-state index in [0.29, 0.717) is 34.9 Å². The Bertz CT molecular complexity index is 834. The number of carbonyl (C=O) groups is 2. The summed E-state index contributed by atoms with van der Waals surface area (Å²) in [5.74, 6) is -0.363. The van der Waals surface area contributed by atoms with Gasteiger partial charge in [0.2, 0.25) is 0 Å². The topological polar surface area (TPSA) is 74.7 Å². The van der Waals surface area contributed by atoms with Gasteiger partial charge in [-0.25, -0.2) is 9.59 Å². The molecular formula is C23H29NO5. The fraction of sp³-hybridized carbons (Fsp3) is 0.435. The Labute approximate surface area is 172 Å². The fourth-order valence-electron chi connectivity index (χ4n) is 3.12. The quantitative estimate of drug-likeness (QED) is 0.441. The van der Waals surface area contributed by atoms with Gasteiger partial charge >= 0.3 is 11.9 Å². The molecule has 0 N–H and O–H groups in total. The standard InChI is InChI=1S/C23H29NO5/c1-6-9-13-29-18-12-10-11-17(14-18)21-19(22(25)27-7-2)15(4)24-16(5)20(21)23(26)28-8-3/h10-12,14H,6-9,13H2,1-5H3. The van der Waals surface area contributed by atoms with Gasteiger partial charge in [-0.05, 0) is 51.8 Å². The van der Waals surface area contributed by atoms with Gasteiger partial charge in [-0.3, -0.25) is 4.98 Å². The third-order valence-corrected chi connectivity index (χ3v) is 4.41. The molecule has 0 fully saturated rings. The van der Waals surface area contributed by atoms with Crippen molar-refractivity contribution in [2.75, 3.05) is 19.8 Å². The summed E-state index contributed by atoms with van der Waals surface area (Å²) in [5, 5.41) is 0. The fourth-order valence-corrected chi connectivity index (χ4v) is 3.12. The number of aryl methyl sites for hydroxylation is 2. The Morgan fingerprint density at radius 2 is 1.52 bits per heavy atom. The van der Waals surface area contributed by atoms with E-state index in [1.807, 2.05) is 24.3 Å². The van der Waals surface area contributed by atoms with Gasteiger partial charge in [0.1, 0.15) is 5.75 Å². The van der Waals surface area contributed by atoms with E-state index >= 15 is 0 Å². The number of hydrogen-bond acceptors (Lipinski definition) is 6. The van der Waals surface area contributed by atoms with Gasteiger partial charge in [-0.1, -0.05) is 25.5 Å². The van der Waals surface area contributed by atoms with Gasteiger partial charge in [0.05, 0.1) is 42.3 Å². The summed E-state index contributed by atoms with van der Waals surface area (Å²) in [6, 6.07) is 7.36. The zero-order chi connectivity index (χ0) is 21.4. The molecule has 1 aromatic carbocycles. The average Bonchev–Trinajstić information content (AvgIpc) is 2.68. The maximum Gasteiger partial charge on any atom is 0.340 e. The van der Waals surface area contributed by atoms with Gasteiger partial charge in [0.15, 0.2) is 0 Å². The minimum absolute atomic E-state index is 0.223. The SMILES string of the molecule is CCCCOc1cccc(-c2c(C(=O)OCC)c(C)nc(C)c2C(=O)OCC)c1. The van der Waals surface area contributed by atoms with Crippen LogP contribution in [0, 0.1) is 13.8 Å². The summed E-state index contributed by atoms with van der Waals surface area (Å²) in [6.07, 6.45) is 1.97. The number of pyridine rings is 1. The van der Waals surface area contributed by atoms with Crippen LogP contribution in [0.3, 0.4) is 0 Å². The van der Waals surface area contributed by atoms with Crippen molar-refractivity contribution in [3.05, 3.63) is 46.8 Å². The number of nitrogens with zero attached hydrogens (tertiary/aromatic N) is 1. The second kappa shape index (κ2) is 10.6. The lowest BCUT2D eigenvalue weighted by atomic mass is 9.92. The molecule has 1 aromatic heterocycles. The molecule has 0 aliphatic carbocycles. The lowest BCUT2D eigenvalue weighted by molar-refractivity contribution is 0.0525. The number of esters is 2. The molecule has 0 spiro atoms. The number of unbranched alkanes of at least 4 members (excludes halogenated alkanes) is 1. The number of benzene rings is 1. The Morgan fingerprint density at radius 3 is 2.03 bits per heavy atom. The highest BCUT2D eigenvalue weighted by molar-refractivity contribution is 6.07. The Hall–Kier alpha value is -2.89. The Kier molecular flexibility index (Phi) is 8.19. The van der Waals surface area contributed by atoms with Gasteiger partial charge < -0.3 is 14.2 Å². The van der Waals surface area contributed by atoms with E-state index in [1.165, 1.54) is 0 Å². The zero-order valence-corrected chi connectivity index (χ0v) is 17.8. The molecule has 0 radical (unpaired) electrons. The molecule has 0 saturated heterocycles. The average molecular weight is 399 g/mol. The highest BCUT2D eigenvalue weighted by atomic mass is 16.5. The van der Waals surface area contributed by atoms with E-state index in [-0.39, 0.29) is 24.3 Å². The zero-order valence-electron chi connectivity index (χ0n) is 17.8. The molecule has 0 atom stereocenters. The molecule has 0 amide bonds. The van der Waals surface area contributed by atoms with Crippen LogP contribution in [0.1, 0.15) is 65.7 Å². The molecule has 2 rings (SSSR count). The molecule has 0 bridgehead atoms. The van der Waals surface area contributed by atoms with Crippen LogP contribution in [0.25, 0.3) is 11.1 Å². The van der Waals surface area contributed by atoms with E-state index in [9.17, 15) is 9.59 Å². The van der Waals surface area contributed by atoms with Crippen LogP contribution >= 0.6 is 0 Å². The summed E-state index contributed by atoms with van der Waals surface area (Å²) >= 11 is 0. The second-order valence-electron chi connectivity index (χ2n) is 6.58. The van der Waals surface area contributed by atoms with Crippen molar-refractivity contribution in [1.82, 2.24) is 4.98 Å². The predicted octanol–water partition coefficient (Wildman–Crippen LogP) is 4.90. The molecule has 156 valence electrons. The summed E-state index contributed by atoms with van der Waals surface area (Å²) in [4.78, 5) is 29.9.